The molecule has 5 nitrogen and oxygen atoms in total. The predicted octanol–water partition coefficient (Wildman–Crippen LogP) is 3.51. The third-order valence-electron chi connectivity index (χ3n) is 4.11. The van der Waals surface area contributed by atoms with Crippen molar-refractivity contribution in [1.29, 1.82) is 0 Å². The summed E-state index contributed by atoms with van der Waals surface area (Å²) in [4.78, 5) is 4.01. The van der Waals surface area contributed by atoms with E-state index in [1.54, 1.807) is 7.05 Å². The van der Waals surface area contributed by atoms with Gasteiger partial charge in [0.15, 0.2) is 0 Å². The van der Waals surface area contributed by atoms with E-state index >= 15 is 0 Å². The molecule has 0 bridgehead atoms. The summed E-state index contributed by atoms with van der Waals surface area (Å²) in [6.45, 7) is 0.608. The molecule has 3 rings (SSSR count). The molecule has 0 radical (unpaired) electrons. The van der Waals surface area contributed by atoms with Crippen LogP contribution in [0.2, 0.25) is 5.15 Å². The lowest BCUT2D eigenvalue weighted by Crippen LogP contribution is -2.33. The van der Waals surface area contributed by atoms with Crippen LogP contribution in [0.1, 0.15) is 11.1 Å². The number of aryl methyl sites for hydroxylation is 1. The molecule has 26 heavy (non-hydrogen) atoms. The number of hydrogen-bond acceptors (Lipinski definition) is 3. The quantitative estimate of drug-likeness (QED) is 0.621. The number of sulfonamides is 1. The zero-order valence-corrected chi connectivity index (χ0v) is 16.0. The highest BCUT2D eigenvalue weighted by molar-refractivity contribution is 7.89. The van der Waals surface area contributed by atoms with Crippen LogP contribution in [0.3, 0.4) is 0 Å². The number of nitrogens with zero attached hydrogens (tertiary/aromatic N) is 3. The van der Waals surface area contributed by atoms with E-state index in [1.807, 2.05) is 60.7 Å². The van der Waals surface area contributed by atoms with Gasteiger partial charge in [0.25, 0.3) is 10.0 Å². The molecule has 0 saturated carbocycles. The molecule has 136 valence electrons. The van der Waals surface area contributed by atoms with E-state index in [0.29, 0.717) is 13.0 Å². The van der Waals surface area contributed by atoms with Crippen LogP contribution in [0.4, 0.5) is 0 Å². The minimum absolute atomic E-state index is 0.106. The Morgan fingerprint density at radius 2 is 1.58 bits per heavy atom. The van der Waals surface area contributed by atoms with Gasteiger partial charge in [0, 0.05) is 20.1 Å². The summed E-state index contributed by atoms with van der Waals surface area (Å²) < 4.78 is 29.2. The summed E-state index contributed by atoms with van der Waals surface area (Å²) in [6.07, 6.45) is 2.02. The number of aromatic nitrogens is 2. The number of halogens is 1. The second kappa shape index (κ2) is 8.03. The van der Waals surface area contributed by atoms with Crippen LogP contribution in [0.15, 0.2) is 72.0 Å². The predicted molar refractivity (Wildman–Crippen MR) is 102 cm³/mol. The molecule has 0 aliphatic heterocycles. The van der Waals surface area contributed by atoms with Crippen molar-refractivity contribution in [2.75, 3.05) is 6.54 Å². The summed E-state index contributed by atoms with van der Waals surface area (Å²) >= 11 is 6.15. The fourth-order valence-electron chi connectivity index (χ4n) is 2.66. The molecular weight excluding hydrogens is 370 g/mol. The maximum absolute atomic E-state index is 13.2. The molecule has 3 aromatic rings. The summed E-state index contributed by atoms with van der Waals surface area (Å²) in [5.74, 6) is 0. The maximum Gasteiger partial charge on any atom is 0.263 e. The normalized spacial score (nSPS) is 11.8. The molecule has 2 aromatic carbocycles. The summed E-state index contributed by atoms with van der Waals surface area (Å²) in [6, 6.07) is 19.3. The third kappa shape index (κ3) is 4.15. The fourth-order valence-corrected chi connectivity index (χ4v) is 4.48. The molecule has 1 aromatic heterocycles. The van der Waals surface area contributed by atoms with Gasteiger partial charge in [0.2, 0.25) is 5.03 Å². The van der Waals surface area contributed by atoms with Crippen molar-refractivity contribution in [3.8, 4) is 0 Å². The van der Waals surface area contributed by atoms with Gasteiger partial charge in [-0.05, 0) is 17.5 Å². The average molecular weight is 390 g/mol. The first-order valence-electron chi connectivity index (χ1n) is 8.23. The minimum Gasteiger partial charge on any atom is -0.324 e. The van der Waals surface area contributed by atoms with Gasteiger partial charge in [-0.2, -0.15) is 4.31 Å². The number of hydrogen-bond donors (Lipinski definition) is 0. The first kappa shape index (κ1) is 18.6. The molecule has 7 heteroatoms. The molecule has 0 fully saturated rings. The van der Waals surface area contributed by atoms with Gasteiger partial charge < -0.3 is 4.57 Å². The van der Waals surface area contributed by atoms with Crippen molar-refractivity contribution in [3.63, 3.8) is 0 Å². The van der Waals surface area contributed by atoms with E-state index in [9.17, 15) is 8.42 Å². The van der Waals surface area contributed by atoms with Crippen LogP contribution in [0, 0.1) is 0 Å². The molecular formula is C19H20ClN3O2S. The Hall–Kier alpha value is -2.15. The Morgan fingerprint density at radius 1 is 1.00 bits per heavy atom. The molecule has 0 atom stereocenters. The van der Waals surface area contributed by atoms with Gasteiger partial charge in [-0.1, -0.05) is 72.3 Å². The Balaban J connectivity index is 1.90. The monoisotopic (exact) mass is 389 g/mol. The highest BCUT2D eigenvalue weighted by Gasteiger charge is 2.29. The van der Waals surface area contributed by atoms with Crippen LogP contribution >= 0.6 is 11.6 Å². The van der Waals surface area contributed by atoms with E-state index < -0.39 is 10.0 Å². The third-order valence-corrected chi connectivity index (χ3v) is 6.45. The molecule has 0 N–H and O–H groups in total. The Morgan fingerprint density at radius 3 is 2.12 bits per heavy atom. The van der Waals surface area contributed by atoms with Gasteiger partial charge >= 0.3 is 0 Å². The van der Waals surface area contributed by atoms with Crippen LogP contribution < -0.4 is 0 Å². The Bertz CT molecular complexity index is 957. The standard InChI is InChI=1S/C19H20ClN3O2S/c1-22-15-21-19(18(22)20)26(24,25)23(14-17-10-6-3-7-11-17)13-12-16-8-4-2-5-9-16/h2-11,15H,12-14H2,1H3. The van der Waals surface area contributed by atoms with E-state index in [4.69, 9.17) is 11.6 Å². The van der Waals surface area contributed by atoms with E-state index in [0.717, 1.165) is 11.1 Å². The highest BCUT2D eigenvalue weighted by Crippen LogP contribution is 2.24. The van der Waals surface area contributed by atoms with E-state index in [2.05, 4.69) is 4.98 Å². The van der Waals surface area contributed by atoms with Gasteiger partial charge in [0.1, 0.15) is 5.15 Å². The van der Waals surface area contributed by atoms with Crippen molar-refractivity contribution in [2.45, 2.75) is 18.0 Å². The molecule has 0 spiro atoms. The Labute approximate surface area is 158 Å². The van der Waals surface area contributed by atoms with Crippen molar-refractivity contribution in [3.05, 3.63) is 83.3 Å². The molecule has 0 aliphatic carbocycles. The lowest BCUT2D eigenvalue weighted by molar-refractivity contribution is 0.408. The molecule has 0 unspecified atom stereocenters. The Kier molecular flexibility index (Phi) is 5.76. The zero-order chi connectivity index (χ0) is 18.6. The second-order valence-electron chi connectivity index (χ2n) is 6.01. The van der Waals surface area contributed by atoms with Gasteiger partial charge in [-0.25, -0.2) is 13.4 Å². The lowest BCUT2D eigenvalue weighted by Gasteiger charge is -2.21. The fraction of sp³-hybridized carbons (Fsp3) is 0.211. The SMILES string of the molecule is Cn1cnc(S(=O)(=O)N(CCc2ccccc2)Cc2ccccc2)c1Cl. The van der Waals surface area contributed by atoms with Crippen LogP contribution in [0.25, 0.3) is 0 Å². The number of rotatable bonds is 7. The van der Waals surface area contributed by atoms with Crippen molar-refractivity contribution in [2.24, 2.45) is 7.05 Å². The first-order valence-corrected chi connectivity index (χ1v) is 10.0. The first-order chi connectivity index (χ1) is 12.5. The lowest BCUT2D eigenvalue weighted by atomic mass is 10.1. The van der Waals surface area contributed by atoms with Crippen molar-refractivity contribution < 1.29 is 8.42 Å². The second-order valence-corrected chi connectivity index (χ2v) is 8.22. The molecule has 1 heterocycles. The van der Waals surface area contributed by atoms with Crippen LogP contribution in [-0.4, -0.2) is 28.8 Å². The summed E-state index contributed by atoms with van der Waals surface area (Å²) in [5.41, 5.74) is 1.99. The van der Waals surface area contributed by atoms with Gasteiger partial charge in [-0.3, -0.25) is 0 Å². The van der Waals surface area contributed by atoms with Crippen LogP contribution in [-0.2, 0) is 30.0 Å². The van der Waals surface area contributed by atoms with Crippen molar-refractivity contribution in [1.82, 2.24) is 13.9 Å². The smallest absolute Gasteiger partial charge is 0.263 e. The molecule has 0 aliphatic rings. The van der Waals surface area contributed by atoms with Gasteiger partial charge in [0.05, 0.1) is 6.33 Å². The summed E-state index contributed by atoms with van der Waals surface area (Å²) in [7, 11) is -2.14. The number of benzene rings is 2. The van der Waals surface area contributed by atoms with E-state index in [-0.39, 0.29) is 16.7 Å². The minimum atomic E-state index is -3.81. The van der Waals surface area contributed by atoms with Crippen molar-refractivity contribution >= 4 is 21.6 Å². The average Bonchev–Trinajstić information content (AvgIpc) is 3.00. The van der Waals surface area contributed by atoms with Crippen LogP contribution in [0.5, 0.6) is 0 Å². The van der Waals surface area contributed by atoms with E-state index in [1.165, 1.54) is 15.2 Å². The number of imidazole rings is 1. The zero-order valence-electron chi connectivity index (χ0n) is 14.4. The highest BCUT2D eigenvalue weighted by atomic mass is 35.5. The largest absolute Gasteiger partial charge is 0.324 e. The topological polar surface area (TPSA) is 55.2 Å². The summed E-state index contributed by atoms with van der Waals surface area (Å²) in [5, 5.41) is 0.00781. The molecule has 0 saturated heterocycles. The molecule has 0 amide bonds. The van der Waals surface area contributed by atoms with Gasteiger partial charge in [-0.15, -0.1) is 0 Å². The maximum atomic E-state index is 13.2.